The zero-order valence-electron chi connectivity index (χ0n) is 28.1. The fraction of sp³-hybridized carbons (Fsp3) is 0.444. The lowest BCUT2D eigenvalue weighted by Crippen LogP contribution is -2.56. The van der Waals surface area contributed by atoms with Gasteiger partial charge in [0.1, 0.15) is 23.9 Å². The number of nitrogens with zero attached hydrogens (tertiary/aromatic N) is 1. The van der Waals surface area contributed by atoms with E-state index in [0.29, 0.717) is 39.5 Å². The monoisotopic (exact) mass is 724 g/mol. The molecule has 3 aromatic rings. The largest absolute Gasteiger partial charge is 0.508 e. The number of nitrogens with one attached hydrogen (secondary N) is 3. The fourth-order valence-electron chi connectivity index (χ4n) is 6.39. The standard InChI is InChI=1S/C36H45BrN4O7/c1-19-15-20(2)17-22(4)48-29(43)18-28(24-11-13-25(42)14-12-24)40-35(46)31(41(6)36(47)23(5)38-34(45)21(3)16-19)32(44)30-26-9-7-8-10-27(26)39-33(30)37/h7-15,20-23,28,31-32,39,42,44H,16-18H2,1-6H3,(H,38,45)(H,40,46). The smallest absolute Gasteiger partial charge is 0.308 e. The molecular weight excluding hydrogens is 680 g/mol. The van der Waals surface area contributed by atoms with Crippen molar-refractivity contribution < 1.29 is 34.1 Å². The molecule has 2 heterocycles. The number of aromatic nitrogens is 1. The number of fused-ring (bicyclic) bond motifs is 1. The molecule has 7 unspecified atom stereocenters. The number of aliphatic hydroxyl groups is 1. The number of carbonyl (C=O) groups excluding carboxylic acids is 4. The van der Waals surface area contributed by atoms with E-state index in [4.69, 9.17) is 4.74 Å². The molecule has 0 saturated carbocycles. The molecule has 5 N–H and O–H groups in total. The molecule has 4 rings (SSSR count). The van der Waals surface area contributed by atoms with Crippen molar-refractivity contribution in [2.45, 2.75) is 84.2 Å². The maximum Gasteiger partial charge on any atom is 0.308 e. The van der Waals surface area contributed by atoms with E-state index in [1.807, 2.05) is 26.0 Å². The van der Waals surface area contributed by atoms with Gasteiger partial charge in [-0.2, -0.15) is 0 Å². The van der Waals surface area contributed by atoms with E-state index in [2.05, 4.69) is 37.6 Å². The van der Waals surface area contributed by atoms with Gasteiger partial charge in [0.25, 0.3) is 0 Å². The van der Waals surface area contributed by atoms with Crippen LogP contribution in [0.2, 0.25) is 0 Å². The highest BCUT2D eigenvalue weighted by atomic mass is 79.9. The normalized spacial score (nSPS) is 26.4. The number of allylic oxidation sites excluding steroid dienone is 2. The van der Waals surface area contributed by atoms with Crippen molar-refractivity contribution in [1.82, 2.24) is 20.5 Å². The zero-order chi connectivity index (χ0) is 35.3. The van der Waals surface area contributed by atoms with Crippen LogP contribution in [0, 0.1) is 11.8 Å². The Kier molecular flexibility index (Phi) is 12.1. The Labute approximate surface area is 289 Å². The average molecular weight is 726 g/mol. The molecule has 1 aliphatic heterocycles. The molecule has 1 aromatic heterocycles. The second-order valence-electron chi connectivity index (χ2n) is 13.0. The van der Waals surface area contributed by atoms with Crippen molar-refractivity contribution >= 4 is 50.5 Å². The first-order valence-electron chi connectivity index (χ1n) is 16.1. The third-order valence-electron chi connectivity index (χ3n) is 8.72. The second kappa shape index (κ2) is 15.8. The van der Waals surface area contributed by atoms with Gasteiger partial charge in [-0.3, -0.25) is 19.2 Å². The van der Waals surface area contributed by atoms with E-state index in [-0.39, 0.29) is 24.0 Å². The Bertz CT molecular complexity index is 1670. The number of aromatic hydroxyl groups is 1. The molecule has 0 bridgehead atoms. The van der Waals surface area contributed by atoms with Crippen LogP contribution in [0.4, 0.5) is 0 Å². The fourth-order valence-corrected chi connectivity index (χ4v) is 7.05. The van der Waals surface area contributed by atoms with Crippen LogP contribution < -0.4 is 10.6 Å². The number of hydrogen-bond acceptors (Lipinski definition) is 7. The number of benzene rings is 2. The third kappa shape index (κ3) is 8.84. The summed E-state index contributed by atoms with van der Waals surface area (Å²) in [7, 11) is 1.40. The number of ether oxygens (including phenoxy) is 1. The Hall–Kier alpha value is -4.16. The van der Waals surface area contributed by atoms with E-state index in [1.165, 1.54) is 26.1 Å². The molecule has 1 aliphatic rings. The molecule has 11 nitrogen and oxygen atoms in total. The molecule has 0 fully saturated rings. The molecule has 258 valence electrons. The highest BCUT2D eigenvalue weighted by Crippen LogP contribution is 2.35. The SMILES string of the molecule is CC1=CC(C)CC(C)OC(=O)CC(c2ccc(O)cc2)NC(=O)C(C(O)c2c(Br)[nH]c3ccccc23)N(C)C(=O)C(C)NC(=O)C(C)C1. The number of hydrogen-bond donors (Lipinski definition) is 5. The molecule has 3 amide bonds. The first kappa shape index (κ1) is 36.7. The predicted molar refractivity (Wildman–Crippen MR) is 186 cm³/mol. The van der Waals surface area contributed by atoms with E-state index in [0.717, 1.165) is 10.5 Å². The van der Waals surface area contributed by atoms with Crippen LogP contribution >= 0.6 is 15.9 Å². The topological polar surface area (TPSA) is 161 Å². The number of aliphatic hydroxyl groups excluding tert-OH is 1. The van der Waals surface area contributed by atoms with E-state index < -0.39 is 54.0 Å². The van der Waals surface area contributed by atoms with Crippen LogP contribution in [-0.2, 0) is 23.9 Å². The Balaban J connectivity index is 1.78. The van der Waals surface area contributed by atoms with Crippen molar-refractivity contribution in [3.05, 3.63) is 75.9 Å². The van der Waals surface area contributed by atoms with Gasteiger partial charge in [-0.25, -0.2) is 0 Å². The summed E-state index contributed by atoms with van der Waals surface area (Å²) in [6.45, 7) is 9.07. The van der Waals surface area contributed by atoms with E-state index >= 15 is 0 Å². The third-order valence-corrected chi connectivity index (χ3v) is 9.34. The minimum Gasteiger partial charge on any atom is -0.508 e. The van der Waals surface area contributed by atoms with Gasteiger partial charge in [0.2, 0.25) is 17.7 Å². The van der Waals surface area contributed by atoms with Gasteiger partial charge in [0.05, 0.1) is 23.2 Å². The molecular formula is C36H45BrN4O7. The molecule has 7 atom stereocenters. The summed E-state index contributed by atoms with van der Waals surface area (Å²) in [5.74, 6) is -2.60. The number of rotatable bonds is 3. The number of likely N-dealkylation sites (N-methyl/N-ethyl adjacent to an activating group) is 1. The maximum atomic E-state index is 14.3. The summed E-state index contributed by atoms with van der Waals surface area (Å²) in [4.78, 5) is 59.0. The van der Waals surface area contributed by atoms with Crippen LogP contribution in [0.15, 0.2) is 64.8 Å². The lowest BCUT2D eigenvalue weighted by atomic mass is 9.95. The minimum atomic E-state index is -1.54. The summed E-state index contributed by atoms with van der Waals surface area (Å²) in [6.07, 6.45) is 0.846. The molecule has 2 aromatic carbocycles. The number of para-hydroxylation sites is 1. The van der Waals surface area contributed by atoms with E-state index in [1.54, 1.807) is 38.1 Å². The van der Waals surface area contributed by atoms with Crippen molar-refractivity contribution in [3.63, 3.8) is 0 Å². The van der Waals surface area contributed by atoms with Gasteiger partial charge in [-0.1, -0.05) is 55.8 Å². The summed E-state index contributed by atoms with van der Waals surface area (Å²) in [5, 5.41) is 28.2. The molecule has 0 aliphatic carbocycles. The van der Waals surface area contributed by atoms with Crippen molar-refractivity contribution in [2.75, 3.05) is 7.05 Å². The van der Waals surface area contributed by atoms with Gasteiger partial charge >= 0.3 is 5.97 Å². The predicted octanol–water partition coefficient (Wildman–Crippen LogP) is 5.19. The highest BCUT2D eigenvalue weighted by Gasteiger charge is 2.39. The van der Waals surface area contributed by atoms with Crippen LogP contribution in [0.5, 0.6) is 5.75 Å². The second-order valence-corrected chi connectivity index (χ2v) is 13.7. The lowest BCUT2D eigenvalue weighted by Gasteiger charge is -2.34. The first-order valence-corrected chi connectivity index (χ1v) is 16.9. The summed E-state index contributed by atoms with van der Waals surface area (Å²) >= 11 is 3.48. The number of amides is 3. The Morgan fingerprint density at radius 3 is 2.29 bits per heavy atom. The van der Waals surface area contributed by atoms with Gasteiger partial charge < -0.3 is 35.5 Å². The number of phenolic OH excluding ortho intramolecular Hbond substituents is 1. The number of halogens is 1. The highest BCUT2D eigenvalue weighted by molar-refractivity contribution is 9.10. The quantitative estimate of drug-likeness (QED) is 0.184. The van der Waals surface area contributed by atoms with Gasteiger partial charge in [0.15, 0.2) is 0 Å². The number of carbonyl (C=O) groups is 4. The molecule has 0 spiro atoms. The first-order chi connectivity index (χ1) is 22.7. The molecule has 0 radical (unpaired) electrons. The van der Waals surface area contributed by atoms with E-state index in [9.17, 15) is 29.4 Å². The van der Waals surface area contributed by atoms with Gasteiger partial charge in [-0.05, 0) is 79.2 Å². The summed E-state index contributed by atoms with van der Waals surface area (Å²) < 4.78 is 6.19. The zero-order valence-corrected chi connectivity index (χ0v) is 29.7. The lowest BCUT2D eigenvalue weighted by molar-refractivity contribution is -0.150. The number of phenols is 1. The van der Waals surface area contributed by atoms with Gasteiger partial charge in [-0.15, -0.1) is 0 Å². The van der Waals surface area contributed by atoms with Crippen molar-refractivity contribution in [3.8, 4) is 5.75 Å². The number of H-pyrrole nitrogens is 1. The maximum absolute atomic E-state index is 14.3. The van der Waals surface area contributed by atoms with Gasteiger partial charge in [0, 0.05) is 29.4 Å². The average Bonchev–Trinajstić information content (AvgIpc) is 3.35. The molecule has 12 heteroatoms. The Morgan fingerprint density at radius 2 is 1.60 bits per heavy atom. The van der Waals surface area contributed by atoms with Crippen molar-refractivity contribution in [1.29, 1.82) is 0 Å². The molecule has 0 saturated heterocycles. The van der Waals surface area contributed by atoms with Crippen LogP contribution in [0.25, 0.3) is 10.9 Å². The van der Waals surface area contributed by atoms with Crippen LogP contribution in [-0.4, -0.2) is 69.0 Å². The van der Waals surface area contributed by atoms with Crippen LogP contribution in [0.3, 0.4) is 0 Å². The number of aromatic amines is 1. The van der Waals surface area contributed by atoms with Crippen LogP contribution in [0.1, 0.15) is 77.2 Å². The summed E-state index contributed by atoms with van der Waals surface area (Å²) in [6, 6.07) is 9.83. The Morgan fingerprint density at radius 1 is 0.938 bits per heavy atom. The van der Waals surface area contributed by atoms with Crippen molar-refractivity contribution in [2.24, 2.45) is 11.8 Å². The number of cyclic esters (lactones) is 1. The minimum absolute atomic E-state index is 0.00267. The number of esters is 1. The molecule has 48 heavy (non-hydrogen) atoms. The summed E-state index contributed by atoms with van der Waals surface area (Å²) in [5.41, 5.74) is 2.57.